The quantitative estimate of drug-likeness (QED) is 0.756. The zero-order valence-corrected chi connectivity index (χ0v) is 10.3. The summed E-state index contributed by atoms with van der Waals surface area (Å²) in [4.78, 5) is 23.9. The van der Waals surface area contributed by atoms with Gasteiger partial charge in [-0.2, -0.15) is 0 Å². The third kappa shape index (κ3) is 2.13. The number of Topliss-reactive ketones (excluding diaryl/α,β-unsaturated/α-hetero) is 2. The molecule has 1 aliphatic rings. The number of carbonyl (C=O) groups excluding carboxylic acids is 2. The van der Waals surface area contributed by atoms with E-state index in [1.807, 2.05) is 6.92 Å². The largest absolute Gasteiger partial charge is 0.289 e. The molecule has 0 amide bonds. The van der Waals surface area contributed by atoms with Gasteiger partial charge in [-0.25, -0.2) is 4.39 Å². The predicted octanol–water partition coefficient (Wildman–Crippen LogP) is 3.87. The average molecular weight is 246 g/mol. The highest BCUT2D eigenvalue weighted by atomic mass is 19.1. The number of halogens is 1. The fraction of sp³-hybridized carbons (Fsp3) is 0.333. The minimum Gasteiger partial charge on any atom is -0.289 e. The first kappa shape index (κ1) is 12.7. The molecule has 0 heterocycles. The molecule has 0 spiro atoms. The smallest absolute Gasteiger partial charge is 0.222 e. The normalized spacial score (nSPS) is 15.0. The maximum Gasteiger partial charge on any atom is 0.222 e. The molecule has 0 saturated heterocycles. The number of rotatable bonds is 4. The van der Waals surface area contributed by atoms with E-state index >= 15 is 0 Å². The number of allylic oxidation sites excluding steroid dienone is 2. The van der Waals surface area contributed by atoms with Gasteiger partial charge in [0, 0.05) is 16.7 Å². The summed E-state index contributed by atoms with van der Waals surface area (Å²) in [5, 5.41) is 0. The van der Waals surface area contributed by atoms with Crippen molar-refractivity contribution in [3.8, 4) is 0 Å². The Balaban J connectivity index is 2.34. The second-order valence-electron chi connectivity index (χ2n) is 4.45. The van der Waals surface area contributed by atoms with Crippen molar-refractivity contribution in [2.24, 2.45) is 0 Å². The molecule has 1 aromatic carbocycles. The summed E-state index contributed by atoms with van der Waals surface area (Å²) in [7, 11) is 0. The van der Waals surface area contributed by atoms with Crippen LogP contribution < -0.4 is 0 Å². The zero-order valence-electron chi connectivity index (χ0n) is 10.3. The summed E-state index contributed by atoms with van der Waals surface area (Å²) in [6, 6.07) is 6.41. The molecule has 0 atom stereocenters. The average Bonchev–Trinajstić information content (AvgIpc) is 2.40. The Morgan fingerprint density at radius 2 is 1.61 bits per heavy atom. The van der Waals surface area contributed by atoms with Crippen LogP contribution in [0.15, 0.2) is 35.7 Å². The van der Waals surface area contributed by atoms with Gasteiger partial charge < -0.3 is 0 Å². The number of unbranched alkanes of at least 4 members (excludes halogenated alkanes) is 2. The molecule has 0 unspecified atom stereocenters. The van der Waals surface area contributed by atoms with E-state index in [1.54, 1.807) is 18.2 Å². The monoisotopic (exact) mass is 246 g/mol. The van der Waals surface area contributed by atoms with Crippen LogP contribution in [0.4, 0.5) is 4.39 Å². The molecule has 18 heavy (non-hydrogen) atoms. The van der Waals surface area contributed by atoms with Gasteiger partial charge in [0.15, 0.2) is 11.6 Å². The molecule has 2 nitrogen and oxygen atoms in total. The van der Waals surface area contributed by atoms with Crippen molar-refractivity contribution >= 4 is 11.6 Å². The van der Waals surface area contributed by atoms with Crippen LogP contribution in [0.1, 0.15) is 53.3 Å². The molecule has 3 heteroatoms. The van der Waals surface area contributed by atoms with Crippen LogP contribution in [-0.2, 0) is 0 Å². The van der Waals surface area contributed by atoms with Crippen molar-refractivity contribution in [2.75, 3.05) is 0 Å². The van der Waals surface area contributed by atoms with Crippen LogP contribution in [0.5, 0.6) is 0 Å². The maximum atomic E-state index is 13.9. The van der Waals surface area contributed by atoms with E-state index in [0.717, 1.165) is 19.3 Å². The SMILES string of the molecule is CCCCCC1=C(F)C(=O)c2ccccc2C1=O. The second kappa shape index (κ2) is 5.25. The van der Waals surface area contributed by atoms with Gasteiger partial charge in [0.05, 0.1) is 0 Å². The molecule has 94 valence electrons. The second-order valence-corrected chi connectivity index (χ2v) is 4.45. The van der Waals surface area contributed by atoms with E-state index in [1.165, 1.54) is 6.07 Å². The van der Waals surface area contributed by atoms with Crippen LogP contribution in [0.3, 0.4) is 0 Å². The van der Waals surface area contributed by atoms with E-state index < -0.39 is 11.6 Å². The lowest BCUT2D eigenvalue weighted by Gasteiger charge is -2.16. The molecule has 0 saturated carbocycles. The molecular formula is C15H15FO2. The fourth-order valence-corrected chi connectivity index (χ4v) is 2.17. The van der Waals surface area contributed by atoms with Gasteiger partial charge in [0.1, 0.15) is 0 Å². The van der Waals surface area contributed by atoms with E-state index in [0.29, 0.717) is 12.0 Å². The van der Waals surface area contributed by atoms with Crippen LogP contribution in [0, 0.1) is 0 Å². The van der Waals surface area contributed by atoms with Crippen LogP contribution in [0.2, 0.25) is 0 Å². The molecule has 0 aliphatic heterocycles. The molecule has 0 aromatic heterocycles. The van der Waals surface area contributed by atoms with Crippen molar-refractivity contribution in [1.82, 2.24) is 0 Å². The molecule has 0 fully saturated rings. The predicted molar refractivity (Wildman–Crippen MR) is 67.4 cm³/mol. The van der Waals surface area contributed by atoms with Crippen LogP contribution >= 0.6 is 0 Å². The van der Waals surface area contributed by atoms with Gasteiger partial charge in [0.2, 0.25) is 5.78 Å². The first-order chi connectivity index (χ1) is 8.66. The van der Waals surface area contributed by atoms with Crippen molar-refractivity contribution in [3.63, 3.8) is 0 Å². The van der Waals surface area contributed by atoms with Crippen LogP contribution in [-0.4, -0.2) is 11.6 Å². The standard InChI is InChI=1S/C15H15FO2/c1-2-3-4-9-12-13(16)15(18)11-8-6-5-7-10(11)14(12)17/h5-8H,2-4,9H2,1H3. The highest BCUT2D eigenvalue weighted by Gasteiger charge is 2.31. The van der Waals surface area contributed by atoms with Crippen molar-refractivity contribution < 1.29 is 14.0 Å². The Labute approximate surface area is 106 Å². The molecule has 1 aromatic rings. The highest BCUT2D eigenvalue weighted by Crippen LogP contribution is 2.29. The number of hydrogen-bond donors (Lipinski definition) is 0. The maximum absolute atomic E-state index is 13.9. The lowest BCUT2D eigenvalue weighted by Crippen LogP contribution is -2.20. The number of hydrogen-bond acceptors (Lipinski definition) is 2. The minimum atomic E-state index is -0.866. The number of ketones is 2. The molecule has 2 rings (SSSR count). The number of benzene rings is 1. The van der Waals surface area contributed by atoms with Gasteiger partial charge in [-0.05, 0) is 12.8 Å². The third-order valence-electron chi connectivity index (χ3n) is 3.19. The summed E-state index contributed by atoms with van der Waals surface area (Å²) in [6.45, 7) is 2.04. The summed E-state index contributed by atoms with van der Waals surface area (Å²) < 4.78 is 13.9. The molecule has 0 radical (unpaired) electrons. The summed E-state index contributed by atoms with van der Waals surface area (Å²) in [5.41, 5.74) is 0.557. The summed E-state index contributed by atoms with van der Waals surface area (Å²) in [5.74, 6) is -1.86. The molecule has 0 bridgehead atoms. The number of fused-ring (bicyclic) bond motifs is 1. The third-order valence-corrected chi connectivity index (χ3v) is 3.19. The first-order valence-electron chi connectivity index (χ1n) is 6.24. The van der Waals surface area contributed by atoms with Crippen molar-refractivity contribution in [1.29, 1.82) is 0 Å². The van der Waals surface area contributed by atoms with Gasteiger partial charge in [-0.15, -0.1) is 0 Å². The van der Waals surface area contributed by atoms with E-state index in [9.17, 15) is 14.0 Å². The molecule has 0 N–H and O–H groups in total. The fourth-order valence-electron chi connectivity index (χ4n) is 2.17. The van der Waals surface area contributed by atoms with Crippen molar-refractivity contribution in [3.05, 3.63) is 46.8 Å². The first-order valence-corrected chi connectivity index (χ1v) is 6.24. The zero-order chi connectivity index (χ0) is 13.1. The molecular weight excluding hydrogens is 231 g/mol. The van der Waals surface area contributed by atoms with Crippen molar-refractivity contribution in [2.45, 2.75) is 32.6 Å². The molecule has 1 aliphatic carbocycles. The summed E-state index contributed by atoms with van der Waals surface area (Å²) in [6.07, 6.45) is 3.01. The highest BCUT2D eigenvalue weighted by molar-refractivity contribution is 6.26. The minimum absolute atomic E-state index is 0.0483. The Morgan fingerprint density at radius 1 is 1.00 bits per heavy atom. The van der Waals surface area contributed by atoms with Gasteiger partial charge in [-0.3, -0.25) is 9.59 Å². The Morgan fingerprint density at radius 3 is 2.22 bits per heavy atom. The Bertz CT molecular complexity index is 529. The number of carbonyl (C=O) groups is 2. The summed E-state index contributed by atoms with van der Waals surface area (Å²) >= 11 is 0. The lowest BCUT2D eigenvalue weighted by molar-refractivity contribution is 0.0950. The van der Waals surface area contributed by atoms with Gasteiger partial charge in [0.25, 0.3) is 0 Å². The van der Waals surface area contributed by atoms with Gasteiger partial charge in [-0.1, -0.05) is 44.0 Å². The topological polar surface area (TPSA) is 34.1 Å². The van der Waals surface area contributed by atoms with Gasteiger partial charge >= 0.3 is 0 Å². The Kier molecular flexibility index (Phi) is 3.70. The Hall–Kier alpha value is -1.77. The van der Waals surface area contributed by atoms with E-state index in [2.05, 4.69) is 0 Å². The van der Waals surface area contributed by atoms with E-state index in [-0.39, 0.29) is 16.9 Å². The van der Waals surface area contributed by atoms with E-state index in [4.69, 9.17) is 0 Å². The lowest BCUT2D eigenvalue weighted by atomic mass is 9.86. The van der Waals surface area contributed by atoms with Crippen LogP contribution in [0.25, 0.3) is 0 Å².